The molecule has 1 aliphatic heterocycles. The van der Waals surface area contributed by atoms with Crippen molar-refractivity contribution in [1.82, 2.24) is 4.90 Å². The minimum Gasteiger partial charge on any atom is -0.510 e. The molecule has 0 aliphatic carbocycles. The van der Waals surface area contributed by atoms with Gasteiger partial charge in [0.05, 0.1) is 6.54 Å². The Labute approximate surface area is 92.8 Å². The van der Waals surface area contributed by atoms with Crippen LogP contribution < -0.4 is 0 Å². The molecule has 1 N–H and O–H groups in total. The van der Waals surface area contributed by atoms with Crippen LogP contribution in [-0.2, 0) is 4.79 Å². The van der Waals surface area contributed by atoms with Crippen LogP contribution in [0.2, 0.25) is 0 Å². The second-order valence-electron chi connectivity index (χ2n) is 3.73. The zero-order valence-corrected chi connectivity index (χ0v) is 8.80. The molecule has 1 aromatic rings. The van der Waals surface area contributed by atoms with E-state index in [0.29, 0.717) is 5.56 Å². The highest BCUT2D eigenvalue weighted by molar-refractivity contribution is 6.09. The largest absolute Gasteiger partial charge is 0.510 e. The Hall–Kier alpha value is -2.10. The number of nitrogens with zero attached hydrogens (tertiary/aromatic N) is 1. The molecule has 0 atom stereocenters. The van der Waals surface area contributed by atoms with Gasteiger partial charge in [0.1, 0.15) is 5.76 Å². The average Bonchev–Trinajstić information content (AvgIpc) is 2.58. The Morgan fingerprint density at radius 1 is 1.31 bits per heavy atom. The summed E-state index contributed by atoms with van der Waals surface area (Å²) < 4.78 is 0. The minimum absolute atomic E-state index is 0.0362. The molecular formula is C12H11NO3. The number of amides is 2. The summed E-state index contributed by atoms with van der Waals surface area (Å²) >= 11 is 0. The maximum Gasteiger partial charge on any atom is 0.261 e. The third-order valence-corrected chi connectivity index (χ3v) is 2.42. The predicted molar refractivity (Wildman–Crippen MR) is 57.9 cm³/mol. The van der Waals surface area contributed by atoms with Crippen molar-refractivity contribution in [3.05, 3.63) is 47.2 Å². The van der Waals surface area contributed by atoms with Crippen molar-refractivity contribution in [3.8, 4) is 0 Å². The van der Waals surface area contributed by atoms with Crippen LogP contribution in [0.25, 0.3) is 0 Å². The Morgan fingerprint density at radius 2 is 1.94 bits per heavy atom. The smallest absolute Gasteiger partial charge is 0.261 e. The lowest BCUT2D eigenvalue weighted by atomic mass is 10.1. The summed E-state index contributed by atoms with van der Waals surface area (Å²) in [6.07, 6.45) is 1.06. The van der Waals surface area contributed by atoms with E-state index in [1.807, 2.05) is 6.92 Å². The Balaban J connectivity index is 2.21. The molecule has 1 heterocycles. The first-order valence-electron chi connectivity index (χ1n) is 4.90. The van der Waals surface area contributed by atoms with Crippen molar-refractivity contribution in [3.63, 3.8) is 0 Å². The zero-order chi connectivity index (χ0) is 11.7. The van der Waals surface area contributed by atoms with Crippen LogP contribution in [-0.4, -0.2) is 28.4 Å². The van der Waals surface area contributed by atoms with Crippen LogP contribution in [0.1, 0.15) is 15.9 Å². The number of carbonyl (C=O) groups excluding carboxylic acids is 2. The number of rotatable bonds is 1. The number of hydrogen-bond donors (Lipinski definition) is 1. The Bertz CT molecular complexity index is 474. The van der Waals surface area contributed by atoms with Gasteiger partial charge in [0.25, 0.3) is 11.8 Å². The van der Waals surface area contributed by atoms with E-state index < -0.39 is 5.91 Å². The van der Waals surface area contributed by atoms with Gasteiger partial charge in [-0.15, -0.1) is 0 Å². The maximum absolute atomic E-state index is 11.9. The fourth-order valence-corrected chi connectivity index (χ4v) is 1.53. The first-order valence-corrected chi connectivity index (χ1v) is 4.90. The summed E-state index contributed by atoms with van der Waals surface area (Å²) in [4.78, 5) is 24.2. The van der Waals surface area contributed by atoms with Crippen molar-refractivity contribution in [1.29, 1.82) is 0 Å². The number of hydrogen-bond acceptors (Lipinski definition) is 3. The lowest BCUT2D eigenvalue weighted by Gasteiger charge is -2.13. The highest BCUT2D eigenvalue weighted by atomic mass is 16.3. The second kappa shape index (κ2) is 3.81. The molecule has 0 aromatic heterocycles. The van der Waals surface area contributed by atoms with Crippen molar-refractivity contribution < 1.29 is 14.7 Å². The summed E-state index contributed by atoms with van der Waals surface area (Å²) in [5, 5.41) is 9.16. The van der Waals surface area contributed by atoms with E-state index in [-0.39, 0.29) is 18.2 Å². The highest BCUT2D eigenvalue weighted by Crippen LogP contribution is 2.13. The van der Waals surface area contributed by atoms with Crippen LogP contribution >= 0.6 is 0 Å². The van der Waals surface area contributed by atoms with Crippen molar-refractivity contribution >= 4 is 11.8 Å². The van der Waals surface area contributed by atoms with Gasteiger partial charge in [-0.1, -0.05) is 17.7 Å². The molecule has 2 amide bonds. The van der Waals surface area contributed by atoms with Crippen LogP contribution in [0.5, 0.6) is 0 Å². The van der Waals surface area contributed by atoms with Crippen LogP contribution in [0.4, 0.5) is 0 Å². The van der Waals surface area contributed by atoms with Gasteiger partial charge in [0, 0.05) is 11.6 Å². The molecule has 0 saturated carbocycles. The zero-order valence-electron chi connectivity index (χ0n) is 8.80. The third-order valence-electron chi connectivity index (χ3n) is 2.42. The van der Waals surface area contributed by atoms with Gasteiger partial charge in [-0.05, 0) is 19.1 Å². The molecule has 4 heteroatoms. The Kier molecular flexibility index (Phi) is 2.48. The number of aryl methyl sites for hydroxylation is 1. The number of benzene rings is 1. The quantitative estimate of drug-likeness (QED) is 0.724. The lowest BCUT2D eigenvalue weighted by molar-refractivity contribution is -0.122. The molecule has 0 bridgehead atoms. The van der Waals surface area contributed by atoms with E-state index in [0.717, 1.165) is 16.5 Å². The fraction of sp³-hybridized carbons (Fsp3) is 0.167. The molecule has 0 saturated heterocycles. The molecule has 82 valence electrons. The van der Waals surface area contributed by atoms with E-state index >= 15 is 0 Å². The first kappa shape index (κ1) is 10.4. The molecule has 2 rings (SSSR count). The number of aliphatic hydroxyl groups excluding tert-OH is 1. The summed E-state index contributed by atoms with van der Waals surface area (Å²) in [7, 11) is 0. The molecular weight excluding hydrogens is 206 g/mol. The van der Waals surface area contributed by atoms with Gasteiger partial charge in [-0.2, -0.15) is 0 Å². The van der Waals surface area contributed by atoms with Gasteiger partial charge in [-0.25, -0.2) is 0 Å². The van der Waals surface area contributed by atoms with E-state index in [1.54, 1.807) is 24.3 Å². The van der Waals surface area contributed by atoms with E-state index in [1.165, 1.54) is 0 Å². The van der Waals surface area contributed by atoms with Crippen molar-refractivity contribution in [2.45, 2.75) is 6.92 Å². The topological polar surface area (TPSA) is 57.6 Å². The highest BCUT2D eigenvalue weighted by Gasteiger charge is 2.27. The van der Waals surface area contributed by atoms with Crippen LogP contribution in [0.15, 0.2) is 36.1 Å². The van der Waals surface area contributed by atoms with Crippen LogP contribution in [0.3, 0.4) is 0 Å². The summed E-state index contributed by atoms with van der Waals surface area (Å²) in [5.74, 6) is -0.932. The number of aliphatic hydroxyl groups is 1. The average molecular weight is 217 g/mol. The SMILES string of the molecule is Cc1ccc(C(=O)N2CC(O)=CC2=O)cc1. The fourth-order valence-electron chi connectivity index (χ4n) is 1.53. The van der Waals surface area contributed by atoms with E-state index in [4.69, 9.17) is 5.11 Å². The predicted octanol–water partition coefficient (Wildman–Crippen LogP) is 1.42. The van der Waals surface area contributed by atoms with Gasteiger partial charge < -0.3 is 5.11 Å². The molecule has 16 heavy (non-hydrogen) atoms. The monoisotopic (exact) mass is 217 g/mol. The van der Waals surface area contributed by atoms with Gasteiger partial charge in [0.15, 0.2) is 0 Å². The van der Waals surface area contributed by atoms with Gasteiger partial charge in [0.2, 0.25) is 0 Å². The molecule has 1 aromatic carbocycles. The summed E-state index contributed by atoms with van der Waals surface area (Å²) in [6.45, 7) is 1.88. The van der Waals surface area contributed by atoms with Gasteiger partial charge >= 0.3 is 0 Å². The lowest BCUT2D eigenvalue weighted by Crippen LogP contribution is -2.32. The summed E-state index contributed by atoms with van der Waals surface area (Å²) in [5.41, 5.74) is 1.49. The molecule has 0 radical (unpaired) electrons. The van der Waals surface area contributed by atoms with Crippen LogP contribution in [0, 0.1) is 6.92 Å². The number of carbonyl (C=O) groups is 2. The second-order valence-corrected chi connectivity index (χ2v) is 3.73. The molecule has 4 nitrogen and oxygen atoms in total. The van der Waals surface area contributed by atoms with Crippen molar-refractivity contribution in [2.24, 2.45) is 0 Å². The molecule has 0 fully saturated rings. The standard InChI is InChI=1S/C12H11NO3/c1-8-2-4-9(5-3-8)12(16)13-7-10(14)6-11(13)15/h2-6,14H,7H2,1H3. The first-order chi connectivity index (χ1) is 7.58. The Morgan fingerprint density at radius 3 is 2.44 bits per heavy atom. The molecule has 0 spiro atoms. The normalized spacial score (nSPS) is 15.2. The van der Waals surface area contributed by atoms with E-state index in [2.05, 4.69) is 0 Å². The summed E-state index contributed by atoms with van der Waals surface area (Å²) in [6, 6.07) is 6.95. The third kappa shape index (κ3) is 1.82. The molecule has 1 aliphatic rings. The maximum atomic E-state index is 11.9. The molecule has 0 unspecified atom stereocenters. The number of imide groups is 1. The minimum atomic E-state index is -0.469. The van der Waals surface area contributed by atoms with Crippen molar-refractivity contribution in [2.75, 3.05) is 6.54 Å². The van der Waals surface area contributed by atoms with E-state index in [9.17, 15) is 9.59 Å². The van der Waals surface area contributed by atoms with Gasteiger partial charge in [-0.3, -0.25) is 14.5 Å².